The van der Waals surface area contributed by atoms with Gasteiger partial charge in [0.2, 0.25) is 5.43 Å². The SMILES string of the molecule is COCNC(=O)c1nn(-c2cccc(Br)c2F)cc(COC)c1=O. The summed E-state index contributed by atoms with van der Waals surface area (Å²) in [6, 6.07) is 4.62. The maximum absolute atomic E-state index is 14.3. The van der Waals surface area contributed by atoms with E-state index < -0.39 is 17.2 Å². The molecule has 0 aliphatic carbocycles. The van der Waals surface area contributed by atoms with Gasteiger partial charge >= 0.3 is 0 Å². The number of carbonyl (C=O) groups is 1. The quantitative estimate of drug-likeness (QED) is 0.746. The van der Waals surface area contributed by atoms with Crippen LogP contribution in [0.5, 0.6) is 0 Å². The molecule has 1 aromatic heterocycles. The van der Waals surface area contributed by atoms with Crippen LogP contribution in [-0.2, 0) is 16.1 Å². The predicted octanol–water partition coefficient (Wildman–Crippen LogP) is 1.61. The van der Waals surface area contributed by atoms with E-state index in [4.69, 9.17) is 9.47 Å². The number of amides is 1. The molecule has 2 aromatic rings. The molecule has 0 unspecified atom stereocenters. The van der Waals surface area contributed by atoms with Crippen LogP contribution < -0.4 is 10.7 Å². The van der Waals surface area contributed by atoms with Crippen molar-refractivity contribution in [2.24, 2.45) is 0 Å². The highest BCUT2D eigenvalue weighted by Crippen LogP contribution is 2.21. The van der Waals surface area contributed by atoms with Crippen molar-refractivity contribution in [2.75, 3.05) is 21.0 Å². The summed E-state index contributed by atoms with van der Waals surface area (Å²) >= 11 is 3.09. The summed E-state index contributed by atoms with van der Waals surface area (Å²) < 4.78 is 25.4. The minimum Gasteiger partial charge on any atom is -0.380 e. The molecule has 0 saturated carbocycles. The van der Waals surface area contributed by atoms with Gasteiger partial charge in [-0.3, -0.25) is 9.59 Å². The first kappa shape index (κ1) is 18.2. The maximum Gasteiger partial charge on any atom is 0.277 e. The van der Waals surface area contributed by atoms with Gasteiger partial charge in [-0.25, -0.2) is 9.07 Å². The van der Waals surface area contributed by atoms with Gasteiger partial charge < -0.3 is 14.8 Å². The van der Waals surface area contributed by atoms with Crippen molar-refractivity contribution in [1.82, 2.24) is 15.1 Å². The molecule has 1 amide bonds. The van der Waals surface area contributed by atoms with Gasteiger partial charge in [-0.1, -0.05) is 6.07 Å². The van der Waals surface area contributed by atoms with Crippen molar-refractivity contribution < 1.29 is 18.7 Å². The molecule has 0 fully saturated rings. The highest BCUT2D eigenvalue weighted by molar-refractivity contribution is 9.10. The lowest BCUT2D eigenvalue weighted by molar-refractivity contribution is 0.0863. The first-order chi connectivity index (χ1) is 11.5. The average molecular weight is 400 g/mol. The van der Waals surface area contributed by atoms with Crippen LogP contribution in [0.15, 0.2) is 33.7 Å². The molecular formula is C15H15BrFN3O4. The number of methoxy groups -OCH3 is 2. The van der Waals surface area contributed by atoms with Gasteiger partial charge in [0.1, 0.15) is 12.4 Å². The first-order valence-electron chi connectivity index (χ1n) is 6.83. The summed E-state index contributed by atoms with van der Waals surface area (Å²) in [6.07, 6.45) is 1.34. The van der Waals surface area contributed by atoms with Gasteiger partial charge in [0.15, 0.2) is 11.5 Å². The Morgan fingerprint density at radius 3 is 2.79 bits per heavy atom. The van der Waals surface area contributed by atoms with Crippen LogP contribution in [0, 0.1) is 5.82 Å². The van der Waals surface area contributed by atoms with Crippen molar-refractivity contribution in [3.05, 3.63) is 56.2 Å². The van der Waals surface area contributed by atoms with Crippen LogP contribution in [0.3, 0.4) is 0 Å². The van der Waals surface area contributed by atoms with E-state index in [2.05, 4.69) is 26.3 Å². The molecule has 0 aliphatic rings. The van der Waals surface area contributed by atoms with Gasteiger partial charge in [-0.05, 0) is 28.1 Å². The van der Waals surface area contributed by atoms with Crippen LogP contribution in [0.25, 0.3) is 5.69 Å². The van der Waals surface area contributed by atoms with E-state index in [1.54, 1.807) is 6.07 Å². The fourth-order valence-electron chi connectivity index (χ4n) is 1.96. The van der Waals surface area contributed by atoms with E-state index in [0.717, 1.165) is 4.68 Å². The van der Waals surface area contributed by atoms with Crippen LogP contribution in [-0.4, -0.2) is 36.6 Å². The van der Waals surface area contributed by atoms with E-state index in [1.165, 1.54) is 32.5 Å². The number of nitrogens with zero attached hydrogens (tertiary/aromatic N) is 2. The van der Waals surface area contributed by atoms with E-state index in [9.17, 15) is 14.0 Å². The second-order valence-electron chi connectivity index (χ2n) is 4.72. The smallest absolute Gasteiger partial charge is 0.277 e. The lowest BCUT2D eigenvalue weighted by Crippen LogP contribution is -2.34. The second kappa shape index (κ2) is 8.13. The molecule has 1 heterocycles. The third kappa shape index (κ3) is 3.86. The molecular weight excluding hydrogens is 385 g/mol. The van der Waals surface area contributed by atoms with Gasteiger partial charge in [0.25, 0.3) is 5.91 Å². The molecule has 0 spiro atoms. The van der Waals surface area contributed by atoms with E-state index in [0.29, 0.717) is 0 Å². The number of carbonyl (C=O) groups excluding carboxylic acids is 1. The van der Waals surface area contributed by atoms with Crippen LogP contribution in [0.4, 0.5) is 4.39 Å². The molecule has 7 nitrogen and oxygen atoms in total. The first-order valence-corrected chi connectivity index (χ1v) is 7.62. The maximum atomic E-state index is 14.3. The van der Waals surface area contributed by atoms with Crippen LogP contribution >= 0.6 is 15.9 Å². The minimum absolute atomic E-state index is 0.0401. The highest BCUT2D eigenvalue weighted by atomic mass is 79.9. The number of aromatic nitrogens is 2. The highest BCUT2D eigenvalue weighted by Gasteiger charge is 2.18. The topological polar surface area (TPSA) is 82.4 Å². The van der Waals surface area contributed by atoms with E-state index in [-0.39, 0.29) is 34.8 Å². The fraction of sp³-hybridized carbons (Fsp3) is 0.267. The summed E-state index contributed by atoms with van der Waals surface area (Å²) in [5.41, 5.74) is -0.699. The molecule has 0 radical (unpaired) electrons. The van der Waals surface area contributed by atoms with E-state index >= 15 is 0 Å². The Kier molecular flexibility index (Phi) is 6.18. The Labute approximate surface area is 145 Å². The second-order valence-corrected chi connectivity index (χ2v) is 5.58. The predicted molar refractivity (Wildman–Crippen MR) is 87.5 cm³/mol. The summed E-state index contributed by atoms with van der Waals surface area (Å²) in [6.45, 7) is -0.124. The number of nitrogens with one attached hydrogen (secondary N) is 1. The lowest BCUT2D eigenvalue weighted by Gasteiger charge is -2.12. The number of rotatable bonds is 6. The number of hydrogen-bond acceptors (Lipinski definition) is 5. The van der Waals surface area contributed by atoms with Crippen molar-refractivity contribution in [1.29, 1.82) is 0 Å². The van der Waals surface area contributed by atoms with E-state index in [1.807, 2.05) is 0 Å². The zero-order valence-corrected chi connectivity index (χ0v) is 14.6. The molecule has 1 aromatic carbocycles. The fourth-order valence-corrected chi connectivity index (χ4v) is 2.32. The molecule has 128 valence electrons. The van der Waals surface area contributed by atoms with Crippen molar-refractivity contribution >= 4 is 21.8 Å². The van der Waals surface area contributed by atoms with Gasteiger partial charge in [-0.2, -0.15) is 5.10 Å². The minimum atomic E-state index is -0.719. The summed E-state index contributed by atoms with van der Waals surface area (Å²) in [5.74, 6) is -1.29. The normalized spacial score (nSPS) is 10.7. The molecule has 9 heteroatoms. The summed E-state index contributed by atoms with van der Waals surface area (Å²) in [7, 11) is 2.80. The Morgan fingerprint density at radius 2 is 2.12 bits per heavy atom. The summed E-state index contributed by atoms with van der Waals surface area (Å²) in [5, 5.41) is 6.34. The molecule has 0 aliphatic heterocycles. The molecule has 0 atom stereocenters. The third-order valence-corrected chi connectivity index (χ3v) is 3.68. The van der Waals surface area contributed by atoms with Crippen LogP contribution in [0.2, 0.25) is 0 Å². The number of benzene rings is 1. The van der Waals surface area contributed by atoms with Gasteiger partial charge in [0.05, 0.1) is 11.1 Å². The standard InChI is InChI=1S/C15H15BrFN3O4/c1-23-7-9-6-20(11-5-3-4-10(16)12(11)17)19-13(14(9)21)15(22)18-8-24-2/h3-6H,7-8H2,1-2H3,(H,18,22). The van der Waals surface area contributed by atoms with Gasteiger partial charge in [-0.15, -0.1) is 0 Å². The van der Waals surface area contributed by atoms with Crippen molar-refractivity contribution in [3.63, 3.8) is 0 Å². The van der Waals surface area contributed by atoms with Crippen LogP contribution in [0.1, 0.15) is 16.1 Å². The Bertz CT molecular complexity index is 810. The Hall–Kier alpha value is -2.10. The molecule has 2 rings (SSSR count). The number of hydrogen-bond donors (Lipinski definition) is 1. The monoisotopic (exact) mass is 399 g/mol. The largest absolute Gasteiger partial charge is 0.380 e. The van der Waals surface area contributed by atoms with Gasteiger partial charge in [0, 0.05) is 26.0 Å². The molecule has 1 N–H and O–H groups in total. The lowest BCUT2D eigenvalue weighted by atomic mass is 10.2. The summed E-state index contributed by atoms with van der Waals surface area (Å²) in [4.78, 5) is 24.4. The molecule has 0 saturated heterocycles. The van der Waals surface area contributed by atoms with Crippen molar-refractivity contribution in [3.8, 4) is 5.69 Å². The zero-order valence-electron chi connectivity index (χ0n) is 13.0. The molecule has 0 bridgehead atoms. The third-order valence-electron chi connectivity index (χ3n) is 3.06. The molecule has 24 heavy (non-hydrogen) atoms. The Morgan fingerprint density at radius 1 is 1.38 bits per heavy atom. The Balaban J connectivity index is 2.60. The average Bonchev–Trinajstić information content (AvgIpc) is 2.57. The number of ether oxygens (including phenoxy) is 2. The number of halogens is 2. The van der Waals surface area contributed by atoms with Crippen molar-refractivity contribution in [2.45, 2.75) is 6.61 Å². The zero-order chi connectivity index (χ0) is 17.7.